The number of aliphatic hydroxyl groups excluding tert-OH is 1. The number of likely N-dealkylation sites (N-methyl/N-ethyl adjacent to an activating group) is 1. The van der Waals surface area contributed by atoms with Crippen molar-refractivity contribution in [3.8, 4) is 0 Å². The summed E-state index contributed by atoms with van der Waals surface area (Å²) in [7, 11) is 2.02. The number of aliphatic hydroxyl groups is 1. The molecule has 0 spiro atoms. The average molecular weight is 614 g/mol. The lowest BCUT2D eigenvalue weighted by atomic mass is 9.99. The number of nitrogens with zero attached hydrogens (tertiary/aromatic N) is 2. The van der Waals surface area contributed by atoms with Crippen LogP contribution < -0.4 is 5.32 Å². The van der Waals surface area contributed by atoms with Crippen molar-refractivity contribution >= 4 is 17.9 Å². The molecule has 3 aromatic rings. The molecule has 4 atom stereocenters. The Hall–Kier alpha value is -4.35. The van der Waals surface area contributed by atoms with Crippen LogP contribution in [0.25, 0.3) is 0 Å². The molecule has 0 aliphatic carbocycles. The van der Waals surface area contributed by atoms with Crippen LogP contribution in [0.4, 0.5) is 4.79 Å². The van der Waals surface area contributed by atoms with Crippen LogP contribution in [0.2, 0.25) is 0 Å². The van der Waals surface area contributed by atoms with Crippen LogP contribution in [0.3, 0.4) is 0 Å². The standard InChI is InChI=1S/C35H39N3O7/c1-3-17-37(2)21-29-18-31(27-13-11-25(22-39)12-14-27)45-34(44-29)28-15-9-24(10-16-28)20-38-32(40)19-30(33(38)41)36-35(42)43-23-26-7-5-4-6-8-26/h3-16,29-31,34,39H,1,17-23H2,2H3,(H,36,42)/t29-,30?,31+,34+/m1/s1. The van der Waals surface area contributed by atoms with Crippen LogP contribution in [-0.4, -0.2) is 65.1 Å². The number of carbonyl (C=O) groups excluding carboxylic acids is 3. The second kappa shape index (κ2) is 15.1. The first-order valence-electron chi connectivity index (χ1n) is 15.0. The number of amides is 3. The summed E-state index contributed by atoms with van der Waals surface area (Å²) in [6.45, 7) is 5.38. The summed E-state index contributed by atoms with van der Waals surface area (Å²) in [6.07, 6.45) is 0.725. The molecule has 2 saturated heterocycles. The highest BCUT2D eigenvalue weighted by Crippen LogP contribution is 2.38. The lowest BCUT2D eigenvalue weighted by Gasteiger charge is -2.37. The molecular weight excluding hydrogens is 574 g/mol. The molecule has 2 heterocycles. The lowest BCUT2D eigenvalue weighted by molar-refractivity contribution is -0.252. The van der Waals surface area contributed by atoms with Gasteiger partial charge in [-0.1, -0.05) is 84.9 Å². The maximum absolute atomic E-state index is 13.0. The summed E-state index contributed by atoms with van der Waals surface area (Å²) in [5, 5.41) is 12.0. The topological polar surface area (TPSA) is 118 Å². The van der Waals surface area contributed by atoms with Gasteiger partial charge in [0.05, 0.1) is 31.8 Å². The van der Waals surface area contributed by atoms with E-state index in [1.807, 2.05) is 92.0 Å². The molecule has 3 aromatic carbocycles. The minimum Gasteiger partial charge on any atom is -0.445 e. The molecule has 10 nitrogen and oxygen atoms in total. The van der Waals surface area contributed by atoms with Gasteiger partial charge < -0.3 is 29.5 Å². The molecular formula is C35H39N3O7. The Morgan fingerprint density at radius 2 is 1.69 bits per heavy atom. The van der Waals surface area contributed by atoms with Gasteiger partial charge in [0.1, 0.15) is 12.6 Å². The summed E-state index contributed by atoms with van der Waals surface area (Å²) in [5.41, 5.74) is 4.22. The molecule has 5 rings (SSSR count). The quantitative estimate of drug-likeness (QED) is 0.228. The van der Waals surface area contributed by atoms with Gasteiger partial charge in [0.25, 0.3) is 5.91 Å². The summed E-state index contributed by atoms with van der Waals surface area (Å²) in [5.74, 6) is -0.834. The summed E-state index contributed by atoms with van der Waals surface area (Å²) in [6, 6.07) is 23.4. The van der Waals surface area contributed by atoms with Crippen molar-refractivity contribution in [2.75, 3.05) is 20.1 Å². The number of benzene rings is 3. The molecule has 2 aliphatic rings. The van der Waals surface area contributed by atoms with Gasteiger partial charge in [-0.15, -0.1) is 6.58 Å². The highest BCUT2D eigenvalue weighted by atomic mass is 16.7. The molecule has 0 saturated carbocycles. The van der Waals surface area contributed by atoms with Crippen molar-refractivity contribution in [2.45, 2.75) is 57.1 Å². The van der Waals surface area contributed by atoms with E-state index in [-0.39, 0.29) is 44.3 Å². The molecule has 0 bridgehead atoms. The highest BCUT2D eigenvalue weighted by molar-refractivity contribution is 6.06. The second-order valence-electron chi connectivity index (χ2n) is 11.4. The second-order valence-corrected chi connectivity index (χ2v) is 11.4. The smallest absolute Gasteiger partial charge is 0.408 e. The number of likely N-dealkylation sites (tertiary alicyclic amines) is 1. The van der Waals surface area contributed by atoms with E-state index in [2.05, 4.69) is 16.8 Å². The molecule has 1 unspecified atom stereocenters. The van der Waals surface area contributed by atoms with Gasteiger partial charge in [-0.3, -0.25) is 14.5 Å². The van der Waals surface area contributed by atoms with Gasteiger partial charge >= 0.3 is 6.09 Å². The van der Waals surface area contributed by atoms with Gasteiger partial charge in [-0.05, 0) is 29.3 Å². The maximum atomic E-state index is 13.0. The van der Waals surface area contributed by atoms with Crippen molar-refractivity contribution in [3.05, 3.63) is 119 Å². The molecule has 45 heavy (non-hydrogen) atoms. The Kier molecular flexibility index (Phi) is 10.7. The van der Waals surface area contributed by atoms with Crippen molar-refractivity contribution < 1.29 is 33.7 Å². The molecule has 10 heteroatoms. The number of imide groups is 1. The maximum Gasteiger partial charge on any atom is 0.408 e. The van der Waals surface area contributed by atoms with E-state index < -0.39 is 24.3 Å². The third kappa shape index (κ3) is 8.43. The number of hydrogen-bond donors (Lipinski definition) is 2. The van der Waals surface area contributed by atoms with E-state index in [4.69, 9.17) is 14.2 Å². The molecule has 2 fully saturated rings. The summed E-state index contributed by atoms with van der Waals surface area (Å²) >= 11 is 0. The van der Waals surface area contributed by atoms with E-state index in [1.54, 1.807) is 0 Å². The van der Waals surface area contributed by atoms with Crippen molar-refractivity contribution in [3.63, 3.8) is 0 Å². The first kappa shape index (κ1) is 32.1. The minimum absolute atomic E-state index is 0.0219. The van der Waals surface area contributed by atoms with Gasteiger partial charge in [-0.25, -0.2) is 4.79 Å². The number of rotatable bonds is 12. The Balaban J connectivity index is 1.21. The molecule has 3 amide bonds. The number of alkyl carbamates (subject to hydrolysis) is 1. The number of ether oxygens (including phenoxy) is 3. The Labute approximate surface area is 263 Å². The van der Waals surface area contributed by atoms with E-state index >= 15 is 0 Å². The van der Waals surface area contributed by atoms with Crippen LogP contribution in [-0.2, 0) is 43.6 Å². The van der Waals surface area contributed by atoms with E-state index in [1.165, 1.54) is 0 Å². The fourth-order valence-corrected chi connectivity index (χ4v) is 5.51. The van der Waals surface area contributed by atoms with Crippen LogP contribution in [0.15, 0.2) is 91.5 Å². The number of carbonyl (C=O) groups is 3. The van der Waals surface area contributed by atoms with Crippen molar-refractivity contribution in [1.82, 2.24) is 15.1 Å². The zero-order valence-electron chi connectivity index (χ0n) is 25.3. The van der Waals surface area contributed by atoms with E-state index in [9.17, 15) is 19.5 Å². The summed E-state index contributed by atoms with van der Waals surface area (Å²) < 4.78 is 18.0. The third-order valence-electron chi connectivity index (χ3n) is 7.91. The SMILES string of the molecule is C=CCN(C)C[C@H]1C[C@@H](c2ccc(CO)cc2)O[C@@H](c2ccc(CN3C(=O)CC(NC(=O)OCc4ccccc4)C3=O)cc2)O1. The van der Waals surface area contributed by atoms with Gasteiger partial charge in [0.2, 0.25) is 5.91 Å². The largest absolute Gasteiger partial charge is 0.445 e. The minimum atomic E-state index is -0.969. The molecule has 2 aliphatic heterocycles. The van der Waals surface area contributed by atoms with Crippen LogP contribution in [0.1, 0.15) is 53.1 Å². The van der Waals surface area contributed by atoms with Crippen LogP contribution in [0.5, 0.6) is 0 Å². The zero-order valence-corrected chi connectivity index (χ0v) is 25.3. The Morgan fingerprint density at radius 3 is 2.38 bits per heavy atom. The third-order valence-corrected chi connectivity index (χ3v) is 7.91. The van der Waals surface area contributed by atoms with Crippen molar-refractivity contribution in [1.29, 1.82) is 0 Å². The normalized spacial score (nSPS) is 21.6. The average Bonchev–Trinajstić information content (AvgIpc) is 3.31. The van der Waals surface area contributed by atoms with Crippen molar-refractivity contribution in [2.24, 2.45) is 0 Å². The monoisotopic (exact) mass is 613 g/mol. The fourth-order valence-electron chi connectivity index (χ4n) is 5.51. The summed E-state index contributed by atoms with van der Waals surface area (Å²) in [4.78, 5) is 41.3. The first-order chi connectivity index (χ1) is 21.8. The molecule has 2 N–H and O–H groups in total. The van der Waals surface area contributed by atoms with Crippen LogP contribution in [0, 0.1) is 0 Å². The number of nitrogens with one attached hydrogen (secondary N) is 1. The zero-order chi connectivity index (χ0) is 31.8. The number of hydrogen-bond acceptors (Lipinski definition) is 8. The Bertz CT molecular complexity index is 1460. The predicted molar refractivity (Wildman–Crippen MR) is 166 cm³/mol. The molecule has 0 radical (unpaired) electrons. The Morgan fingerprint density at radius 1 is 1.00 bits per heavy atom. The fraction of sp³-hybridized carbons (Fsp3) is 0.343. The molecule has 236 valence electrons. The van der Waals surface area contributed by atoms with Gasteiger partial charge in [0, 0.05) is 25.1 Å². The first-order valence-corrected chi connectivity index (χ1v) is 15.0. The van der Waals surface area contributed by atoms with E-state index in [0.29, 0.717) is 13.0 Å². The van der Waals surface area contributed by atoms with Crippen LogP contribution >= 0.6 is 0 Å². The molecule has 0 aromatic heterocycles. The van der Waals surface area contributed by atoms with E-state index in [0.717, 1.165) is 39.3 Å². The lowest BCUT2D eigenvalue weighted by Crippen LogP contribution is -2.41. The van der Waals surface area contributed by atoms with Gasteiger partial charge in [0.15, 0.2) is 6.29 Å². The predicted octanol–water partition coefficient (Wildman–Crippen LogP) is 4.40. The van der Waals surface area contributed by atoms with Gasteiger partial charge in [-0.2, -0.15) is 0 Å². The highest BCUT2D eigenvalue weighted by Gasteiger charge is 2.40.